The first-order chi connectivity index (χ1) is 13.4. The smallest absolute Gasteiger partial charge is 0.335 e. The van der Waals surface area contributed by atoms with E-state index in [0.29, 0.717) is 5.56 Å². The number of hydrogen-bond donors (Lipinski definition) is 3. The van der Waals surface area contributed by atoms with Gasteiger partial charge in [-0.3, -0.25) is 9.59 Å². The maximum Gasteiger partial charge on any atom is 0.335 e. The normalized spacial score (nSPS) is 11.8. The van der Waals surface area contributed by atoms with Gasteiger partial charge in [0.25, 0.3) is 0 Å². The number of halogens is 1. The van der Waals surface area contributed by atoms with Gasteiger partial charge in [-0.1, -0.05) is 36.4 Å². The van der Waals surface area contributed by atoms with Crippen LogP contribution < -0.4 is 0 Å². The second-order valence-corrected chi connectivity index (χ2v) is 9.70. The number of carbonyl (C=O) groups is 3. The van der Waals surface area contributed by atoms with Gasteiger partial charge >= 0.3 is 17.9 Å². The molecule has 0 atom stereocenters. The third kappa shape index (κ3) is 5.77. The molecule has 0 radical (unpaired) electrons. The minimum Gasteiger partial charge on any atom is -0.480 e. The number of rotatable bonds is 9. The molecular weight excluding hydrogens is 491 g/mol. The SMILES string of the molecule is CC(C)(I)OCC(Cc1ccc(-c2ccc(C(=O)O)cc2)cc1)(C(=O)O)C(=O)O. The van der Waals surface area contributed by atoms with Crippen molar-refractivity contribution in [1.82, 2.24) is 0 Å². The number of ether oxygens (including phenoxy) is 1. The molecule has 0 aromatic heterocycles. The highest BCUT2D eigenvalue weighted by molar-refractivity contribution is 14.1. The van der Waals surface area contributed by atoms with Crippen molar-refractivity contribution in [1.29, 1.82) is 0 Å². The molecule has 0 unspecified atom stereocenters. The van der Waals surface area contributed by atoms with E-state index < -0.39 is 33.5 Å². The predicted molar refractivity (Wildman–Crippen MR) is 114 cm³/mol. The lowest BCUT2D eigenvalue weighted by atomic mass is 9.82. The summed E-state index contributed by atoms with van der Waals surface area (Å²) in [5, 5.41) is 28.3. The summed E-state index contributed by atoms with van der Waals surface area (Å²) in [6.45, 7) is 2.96. The molecule has 0 bridgehead atoms. The molecule has 154 valence electrons. The number of benzene rings is 2. The summed E-state index contributed by atoms with van der Waals surface area (Å²) in [7, 11) is 0. The topological polar surface area (TPSA) is 121 Å². The van der Waals surface area contributed by atoms with Gasteiger partial charge in [0, 0.05) is 6.42 Å². The van der Waals surface area contributed by atoms with Crippen LogP contribution in [0.4, 0.5) is 0 Å². The second-order valence-electron chi connectivity index (χ2n) is 7.10. The van der Waals surface area contributed by atoms with Crippen LogP contribution in [0.3, 0.4) is 0 Å². The molecule has 7 nitrogen and oxygen atoms in total. The third-order valence-electron chi connectivity index (χ3n) is 4.41. The Bertz CT molecular complexity index is 882. The first kappa shape index (κ1) is 22.8. The quantitative estimate of drug-likeness (QED) is 0.265. The van der Waals surface area contributed by atoms with Crippen LogP contribution in [-0.2, 0) is 20.7 Å². The molecule has 2 aromatic carbocycles. The van der Waals surface area contributed by atoms with Gasteiger partial charge in [0.2, 0.25) is 0 Å². The third-order valence-corrected chi connectivity index (χ3v) is 4.72. The summed E-state index contributed by atoms with van der Waals surface area (Å²) in [4.78, 5) is 34.6. The Hall–Kier alpha value is -2.46. The van der Waals surface area contributed by atoms with Gasteiger partial charge in [0.15, 0.2) is 5.41 Å². The summed E-state index contributed by atoms with van der Waals surface area (Å²) >= 11 is 1.97. The van der Waals surface area contributed by atoms with E-state index in [1.165, 1.54) is 12.1 Å². The number of carboxylic acids is 3. The molecule has 0 spiro atoms. The highest BCUT2D eigenvalue weighted by Gasteiger charge is 2.48. The largest absolute Gasteiger partial charge is 0.480 e. The van der Waals surface area contributed by atoms with E-state index in [0.717, 1.165) is 11.1 Å². The van der Waals surface area contributed by atoms with Gasteiger partial charge in [-0.05, 0) is 65.3 Å². The molecule has 0 amide bonds. The Labute approximate surface area is 181 Å². The monoisotopic (exact) mass is 512 g/mol. The van der Waals surface area contributed by atoms with Gasteiger partial charge in [0.1, 0.15) is 3.61 Å². The van der Waals surface area contributed by atoms with Crippen LogP contribution in [-0.4, -0.2) is 43.4 Å². The van der Waals surface area contributed by atoms with Crippen LogP contribution in [0.2, 0.25) is 0 Å². The van der Waals surface area contributed by atoms with Crippen molar-refractivity contribution < 1.29 is 34.4 Å². The van der Waals surface area contributed by atoms with E-state index in [1.807, 2.05) is 22.6 Å². The van der Waals surface area contributed by atoms with Crippen LogP contribution in [0, 0.1) is 5.41 Å². The van der Waals surface area contributed by atoms with E-state index in [2.05, 4.69) is 0 Å². The standard InChI is InChI=1S/C21H21IO7/c1-20(2,22)29-12-21(18(25)26,19(27)28)11-13-3-5-14(6-4-13)15-7-9-16(10-8-15)17(23)24/h3-10H,11-12H2,1-2H3,(H,23,24)(H,25,26)(H,27,28). The molecule has 0 aliphatic rings. The fourth-order valence-electron chi connectivity index (χ4n) is 2.68. The zero-order valence-electron chi connectivity index (χ0n) is 15.9. The average Bonchev–Trinajstić information content (AvgIpc) is 2.64. The van der Waals surface area contributed by atoms with Crippen molar-refractivity contribution in [3.05, 3.63) is 59.7 Å². The number of hydrogen-bond acceptors (Lipinski definition) is 4. The summed E-state index contributed by atoms with van der Waals surface area (Å²) in [5.74, 6) is -3.93. The van der Waals surface area contributed by atoms with Crippen molar-refractivity contribution >= 4 is 40.5 Å². The van der Waals surface area contributed by atoms with E-state index in [9.17, 15) is 24.6 Å². The van der Waals surface area contributed by atoms with E-state index in [4.69, 9.17) is 9.84 Å². The minimum atomic E-state index is -2.10. The maximum atomic E-state index is 11.8. The molecule has 0 saturated heterocycles. The predicted octanol–water partition coefficient (Wildman–Crippen LogP) is 3.94. The highest BCUT2D eigenvalue weighted by atomic mass is 127. The number of alkyl halides is 1. The first-order valence-electron chi connectivity index (χ1n) is 8.67. The second kappa shape index (κ2) is 8.91. The molecule has 0 fully saturated rings. The van der Waals surface area contributed by atoms with Crippen molar-refractivity contribution in [2.75, 3.05) is 6.61 Å². The van der Waals surface area contributed by atoms with E-state index >= 15 is 0 Å². The lowest BCUT2D eigenvalue weighted by Gasteiger charge is -2.28. The molecule has 0 saturated carbocycles. The van der Waals surface area contributed by atoms with Crippen LogP contribution in [0.15, 0.2) is 48.5 Å². The fraction of sp³-hybridized carbons (Fsp3) is 0.286. The van der Waals surface area contributed by atoms with Gasteiger partial charge in [-0.25, -0.2) is 4.79 Å². The minimum absolute atomic E-state index is 0.177. The van der Waals surface area contributed by atoms with Crippen molar-refractivity contribution in [2.45, 2.75) is 23.9 Å². The Balaban J connectivity index is 2.27. The molecule has 0 aliphatic heterocycles. The Kier molecular flexibility index (Phi) is 7.02. The van der Waals surface area contributed by atoms with Crippen molar-refractivity contribution in [3.63, 3.8) is 0 Å². The summed E-state index contributed by atoms with van der Waals surface area (Å²) < 4.78 is 4.78. The number of aromatic carboxylic acids is 1. The van der Waals surface area contributed by atoms with Crippen molar-refractivity contribution in [2.24, 2.45) is 5.41 Å². The lowest BCUT2D eigenvalue weighted by Crippen LogP contribution is -2.46. The first-order valence-corrected chi connectivity index (χ1v) is 9.75. The molecule has 3 N–H and O–H groups in total. The molecular formula is C21H21IO7. The molecule has 2 aromatic rings. The lowest BCUT2D eigenvalue weighted by molar-refractivity contribution is -0.171. The average molecular weight is 512 g/mol. The van der Waals surface area contributed by atoms with Crippen LogP contribution in [0.1, 0.15) is 29.8 Å². The molecule has 0 aliphatic carbocycles. The Morgan fingerprint density at radius 1 is 0.862 bits per heavy atom. The Morgan fingerprint density at radius 2 is 1.31 bits per heavy atom. The van der Waals surface area contributed by atoms with Crippen LogP contribution in [0.5, 0.6) is 0 Å². The highest BCUT2D eigenvalue weighted by Crippen LogP contribution is 2.30. The maximum absolute atomic E-state index is 11.8. The Morgan fingerprint density at radius 3 is 1.69 bits per heavy atom. The van der Waals surface area contributed by atoms with Crippen molar-refractivity contribution in [3.8, 4) is 11.1 Å². The summed E-state index contributed by atoms with van der Waals surface area (Å²) in [6, 6.07) is 13.1. The molecule has 2 rings (SSSR count). The molecule has 0 heterocycles. The zero-order valence-corrected chi connectivity index (χ0v) is 18.0. The van der Waals surface area contributed by atoms with E-state index in [-0.39, 0.29) is 12.0 Å². The van der Waals surface area contributed by atoms with Gasteiger partial charge in [-0.2, -0.15) is 0 Å². The van der Waals surface area contributed by atoms with Gasteiger partial charge < -0.3 is 20.1 Å². The fourth-order valence-corrected chi connectivity index (χ4v) is 2.84. The van der Waals surface area contributed by atoms with Gasteiger partial charge in [0.05, 0.1) is 12.2 Å². The zero-order chi connectivity index (χ0) is 21.8. The van der Waals surface area contributed by atoms with Crippen LogP contribution >= 0.6 is 22.6 Å². The van der Waals surface area contributed by atoms with Gasteiger partial charge in [-0.15, -0.1) is 0 Å². The van der Waals surface area contributed by atoms with E-state index in [1.54, 1.807) is 50.2 Å². The number of carboxylic acid groups (broad SMARTS) is 3. The molecule has 29 heavy (non-hydrogen) atoms. The summed E-state index contributed by atoms with van der Waals surface area (Å²) in [6.07, 6.45) is -0.234. The summed E-state index contributed by atoms with van der Waals surface area (Å²) in [5.41, 5.74) is 0.199. The number of aliphatic carboxylic acids is 2. The van der Waals surface area contributed by atoms with Crippen LogP contribution in [0.25, 0.3) is 11.1 Å². The molecule has 8 heteroatoms.